The van der Waals surface area contributed by atoms with E-state index in [4.69, 9.17) is 5.26 Å². The van der Waals surface area contributed by atoms with Crippen molar-refractivity contribution in [2.24, 2.45) is 0 Å². The largest absolute Gasteiger partial charge is 0.710 e. The summed E-state index contributed by atoms with van der Waals surface area (Å²) < 4.78 is 1.26. The van der Waals surface area contributed by atoms with Crippen LogP contribution in [0, 0.1) is 21.7 Å². The van der Waals surface area contributed by atoms with Gasteiger partial charge < -0.3 is 15.3 Å². The first-order valence-corrected chi connectivity index (χ1v) is 7.54. The number of rotatable bonds is 6. The molecule has 1 heterocycles. The standard InChI is InChI=1S/C16H19N5O3.ClH/c1-19(2)11-9-14-16(18-15(22)8-5-10-17)21(24)13-7-4-3-6-12(13)20(14)23;/h3-4,6-7H,5,8-9,11H2,1-2H3,(H,18,22);1H. The van der Waals surface area contributed by atoms with Crippen LogP contribution in [0.25, 0.3) is 11.0 Å². The summed E-state index contributed by atoms with van der Waals surface area (Å²) in [5.74, 6) is -0.545. The maximum absolute atomic E-state index is 12.7. The van der Waals surface area contributed by atoms with Crippen LogP contribution in [0.15, 0.2) is 24.3 Å². The zero-order valence-electron chi connectivity index (χ0n) is 14.1. The summed E-state index contributed by atoms with van der Waals surface area (Å²) in [5.41, 5.74) is 0.621. The maximum Gasteiger partial charge on any atom is 0.355 e. The maximum atomic E-state index is 12.7. The number of amides is 1. The first kappa shape index (κ1) is 20.4. The molecule has 1 amide bonds. The number of benzene rings is 1. The molecule has 2 aromatic rings. The molecule has 9 heteroatoms. The van der Waals surface area contributed by atoms with E-state index in [2.05, 4.69) is 5.32 Å². The van der Waals surface area contributed by atoms with E-state index in [0.717, 1.165) is 0 Å². The Morgan fingerprint density at radius 3 is 2.40 bits per heavy atom. The summed E-state index contributed by atoms with van der Waals surface area (Å²) in [5, 5.41) is 36.3. The van der Waals surface area contributed by atoms with Gasteiger partial charge in [0.15, 0.2) is 0 Å². The Bertz CT molecular complexity index is 804. The van der Waals surface area contributed by atoms with Crippen molar-refractivity contribution in [3.63, 3.8) is 0 Å². The van der Waals surface area contributed by atoms with Crippen molar-refractivity contribution in [2.45, 2.75) is 19.3 Å². The quantitative estimate of drug-likeness (QED) is 0.603. The molecule has 0 bridgehead atoms. The number of anilines is 1. The number of para-hydroxylation sites is 2. The minimum absolute atomic E-state index is 0. The zero-order chi connectivity index (χ0) is 17.7. The van der Waals surface area contributed by atoms with Gasteiger partial charge in [0, 0.05) is 19.0 Å². The number of aromatic nitrogens is 2. The number of hydrogen-bond acceptors (Lipinski definition) is 5. The van der Waals surface area contributed by atoms with E-state index in [0.29, 0.717) is 22.4 Å². The number of fused-ring (bicyclic) bond motifs is 1. The molecule has 134 valence electrons. The lowest BCUT2D eigenvalue weighted by molar-refractivity contribution is -0.624. The number of nitriles is 1. The molecule has 2 rings (SSSR count). The Hall–Kier alpha value is -2.63. The molecule has 0 saturated heterocycles. The third kappa shape index (κ3) is 4.68. The summed E-state index contributed by atoms with van der Waals surface area (Å²) in [7, 11) is 3.71. The van der Waals surface area contributed by atoms with Gasteiger partial charge in [-0.3, -0.25) is 0 Å². The average molecular weight is 366 g/mol. The predicted molar refractivity (Wildman–Crippen MR) is 94.9 cm³/mol. The third-order valence-corrected chi connectivity index (χ3v) is 3.56. The number of carbonyl (C=O) groups excluding carboxylic acids is 1. The number of hydrogen-bond donors (Lipinski definition) is 1. The van der Waals surface area contributed by atoms with Gasteiger partial charge >= 0.3 is 11.7 Å². The lowest BCUT2D eigenvalue weighted by Gasteiger charge is -2.16. The Morgan fingerprint density at radius 2 is 1.84 bits per heavy atom. The molecule has 0 unspecified atom stereocenters. The second-order valence-electron chi connectivity index (χ2n) is 5.63. The zero-order valence-corrected chi connectivity index (χ0v) is 14.9. The highest BCUT2D eigenvalue weighted by molar-refractivity contribution is 5.90. The topological polar surface area (TPSA) is 110 Å². The number of nitrogens with one attached hydrogen (secondary N) is 1. The molecular weight excluding hydrogens is 346 g/mol. The number of carbonyl (C=O) groups is 1. The number of likely N-dealkylation sites (N-methyl/N-ethyl adjacent to an activating group) is 1. The third-order valence-electron chi connectivity index (χ3n) is 3.56. The van der Waals surface area contributed by atoms with Crippen molar-refractivity contribution in [1.82, 2.24) is 4.90 Å². The normalized spacial score (nSPS) is 10.3. The van der Waals surface area contributed by atoms with Gasteiger partial charge in [-0.15, -0.1) is 12.4 Å². The second-order valence-corrected chi connectivity index (χ2v) is 5.63. The van der Waals surface area contributed by atoms with Crippen molar-refractivity contribution in [3.8, 4) is 6.07 Å². The predicted octanol–water partition coefficient (Wildman–Crippen LogP) is 0.875. The van der Waals surface area contributed by atoms with E-state index in [-0.39, 0.29) is 47.8 Å². The fourth-order valence-corrected chi connectivity index (χ4v) is 2.32. The highest BCUT2D eigenvalue weighted by atomic mass is 35.5. The van der Waals surface area contributed by atoms with E-state index in [1.54, 1.807) is 18.2 Å². The Balaban J connectivity index is 0.00000312. The van der Waals surface area contributed by atoms with Gasteiger partial charge in [-0.1, -0.05) is 12.1 Å². The molecule has 0 spiro atoms. The average Bonchev–Trinajstić information content (AvgIpc) is 2.57. The smallest absolute Gasteiger partial charge is 0.355 e. The molecule has 0 aliphatic rings. The number of nitrogens with zero attached hydrogens (tertiary/aromatic N) is 4. The van der Waals surface area contributed by atoms with Crippen LogP contribution in [0.1, 0.15) is 18.5 Å². The molecule has 0 aliphatic carbocycles. The van der Waals surface area contributed by atoms with Crippen LogP contribution in [0.4, 0.5) is 5.82 Å². The van der Waals surface area contributed by atoms with Gasteiger partial charge in [-0.05, 0) is 20.2 Å². The molecule has 0 atom stereocenters. The summed E-state index contributed by atoms with van der Waals surface area (Å²) in [4.78, 5) is 13.8. The Morgan fingerprint density at radius 1 is 1.24 bits per heavy atom. The molecule has 25 heavy (non-hydrogen) atoms. The van der Waals surface area contributed by atoms with Crippen molar-refractivity contribution >= 4 is 35.2 Å². The van der Waals surface area contributed by atoms with Crippen molar-refractivity contribution in [1.29, 1.82) is 5.26 Å². The van der Waals surface area contributed by atoms with Crippen molar-refractivity contribution in [3.05, 3.63) is 40.4 Å². The lowest BCUT2D eigenvalue weighted by atomic mass is 10.2. The summed E-state index contributed by atoms with van der Waals surface area (Å²) in [6, 6.07) is 8.30. The summed E-state index contributed by atoms with van der Waals surface area (Å²) in [6.45, 7) is 0.543. The van der Waals surface area contributed by atoms with E-state index in [1.165, 1.54) is 6.07 Å². The molecule has 1 N–H and O–H groups in total. The molecular formula is C16H20ClN5O3. The van der Waals surface area contributed by atoms with Crippen molar-refractivity contribution < 1.29 is 14.3 Å². The Labute approximate surface area is 151 Å². The van der Waals surface area contributed by atoms with Gasteiger partial charge in [0.05, 0.1) is 18.9 Å². The fourth-order valence-electron chi connectivity index (χ4n) is 2.32. The van der Waals surface area contributed by atoms with Crippen LogP contribution in [-0.2, 0) is 11.2 Å². The summed E-state index contributed by atoms with van der Waals surface area (Å²) >= 11 is 0. The SMILES string of the molecule is CN(C)CCc1c(NC(=O)CCC#N)[n+]([O-])c2ccccc2[n+]1[O-].Cl. The fraction of sp³-hybridized carbons (Fsp3) is 0.375. The van der Waals surface area contributed by atoms with Crippen LogP contribution < -0.4 is 14.8 Å². The Kier molecular flexibility index (Phi) is 7.36. The molecule has 0 fully saturated rings. The summed E-state index contributed by atoms with van der Waals surface area (Å²) in [6.07, 6.45) is 0.315. The van der Waals surface area contributed by atoms with Gasteiger partial charge in [0.1, 0.15) is 0 Å². The van der Waals surface area contributed by atoms with E-state index >= 15 is 0 Å². The molecule has 1 aromatic heterocycles. The van der Waals surface area contributed by atoms with Crippen molar-refractivity contribution in [2.75, 3.05) is 26.0 Å². The first-order chi connectivity index (χ1) is 11.5. The van der Waals surface area contributed by atoms with E-state index < -0.39 is 5.91 Å². The highest BCUT2D eigenvalue weighted by Gasteiger charge is 2.28. The second kappa shape index (κ2) is 9.01. The van der Waals surface area contributed by atoms with Gasteiger partial charge in [-0.2, -0.15) is 9.99 Å². The van der Waals surface area contributed by atoms with Gasteiger partial charge in [0.25, 0.3) is 11.2 Å². The van der Waals surface area contributed by atoms with Gasteiger partial charge in [-0.25, -0.2) is 14.8 Å². The minimum Gasteiger partial charge on any atom is -0.710 e. The monoisotopic (exact) mass is 365 g/mol. The molecule has 8 nitrogen and oxygen atoms in total. The van der Waals surface area contributed by atoms with Crippen LogP contribution >= 0.6 is 12.4 Å². The first-order valence-electron chi connectivity index (χ1n) is 7.54. The van der Waals surface area contributed by atoms with Crippen LogP contribution in [0.2, 0.25) is 0 Å². The number of halogens is 1. The van der Waals surface area contributed by atoms with Gasteiger partial charge in [0.2, 0.25) is 5.52 Å². The highest BCUT2D eigenvalue weighted by Crippen LogP contribution is 2.14. The van der Waals surface area contributed by atoms with E-state index in [1.807, 2.05) is 25.1 Å². The lowest BCUT2D eigenvalue weighted by Crippen LogP contribution is -2.46. The molecule has 0 aliphatic heterocycles. The van der Waals surface area contributed by atoms with Crippen LogP contribution in [0.3, 0.4) is 0 Å². The van der Waals surface area contributed by atoms with E-state index in [9.17, 15) is 15.2 Å². The van der Waals surface area contributed by atoms with Crippen LogP contribution in [-0.4, -0.2) is 31.4 Å². The van der Waals surface area contributed by atoms with Crippen LogP contribution in [0.5, 0.6) is 0 Å². The minimum atomic E-state index is -0.470. The molecule has 1 aromatic carbocycles. The molecule has 0 radical (unpaired) electrons. The molecule has 0 saturated carbocycles.